The maximum Gasteiger partial charge on any atom is 0.0785 e. The zero-order valence-electron chi connectivity index (χ0n) is 8.19. The van der Waals surface area contributed by atoms with Crippen molar-refractivity contribution < 1.29 is 0 Å². The van der Waals surface area contributed by atoms with E-state index in [1.807, 2.05) is 10.9 Å². The van der Waals surface area contributed by atoms with E-state index in [-0.39, 0.29) is 0 Å². The third kappa shape index (κ3) is 2.10. The van der Waals surface area contributed by atoms with E-state index in [4.69, 9.17) is 17.3 Å². The normalized spacial score (nSPS) is 27.0. The Labute approximate surface area is 89.2 Å². The minimum Gasteiger partial charge on any atom is -0.330 e. The molecular formula is C10H16ClN3. The van der Waals surface area contributed by atoms with Gasteiger partial charge in [0.15, 0.2) is 0 Å². The standard InChI is InChI=1S/C10H16ClN3/c11-9-6-13-14(7-9)10-2-1-8(5-10)3-4-12/h6-8,10H,1-5,12H2. The zero-order valence-corrected chi connectivity index (χ0v) is 8.95. The van der Waals surface area contributed by atoms with Crippen molar-refractivity contribution in [3.8, 4) is 0 Å². The van der Waals surface area contributed by atoms with Crippen molar-refractivity contribution in [2.75, 3.05) is 6.54 Å². The molecule has 2 rings (SSSR count). The largest absolute Gasteiger partial charge is 0.330 e. The highest BCUT2D eigenvalue weighted by Crippen LogP contribution is 2.35. The molecule has 2 N–H and O–H groups in total. The third-order valence-corrected chi connectivity index (χ3v) is 3.23. The smallest absolute Gasteiger partial charge is 0.0785 e. The molecule has 0 aliphatic heterocycles. The van der Waals surface area contributed by atoms with Crippen LogP contribution in [0, 0.1) is 5.92 Å². The zero-order chi connectivity index (χ0) is 9.97. The molecule has 0 radical (unpaired) electrons. The van der Waals surface area contributed by atoms with Crippen LogP contribution in [0.25, 0.3) is 0 Å². The molecule has 3 nitrogen and oxygen atoms in total. The second-order valence-electron chi connectivity index (χ2n) is 4.05. The summed E-state index contributed by atoms with van der Waals surface area (Å²) in [5.41, 5.74) is 5.55. The van der Waals surface area contributed by atoms with Gasteiger partial charge in [0.05, 0.1) is 17.3 Å². The van der Waals surface area contributed by atoms with Crippen LogP contribution in [-0.4, -0.2) is 16.3 Å². The van der Waals surface area contributed by atoms with Gasteiger partial charge in [-0.15, -0.1) is 0 Å². The van der Waals surface area contributed by atoms with Crippen molar-refractivity contribution >= 4 is 11.6 Å². The molecule has 1 aliphatic rings. The Bertz CT molecular complexity index is 297. The van der Waals surface area contributed by atoms with Crippen LogP contribution in [-0.2, 0) is 0 Å². The molecule has 2 atom stereocenters. The Morgan fingerprint density at radius 1 is 1.57 bits per heavy atom. The van der Waals surface area contributed by atoms with E-state index < -0.39 is 0 Å². The summed E-state index contributed by atoms with van der Waals surface area (Å²) >= 11 is 5.83. The van der Waals surface area contributed by atoms with Gasteiger partial charge in [-0.25, -0.2) is 0 Å². The molecule has 1 saturated carbocycles. The molecule has 1 aromatic heterocycles. The van der Waals surface area contributed by atoms with E-state index >= 15 is 0 Å². The van der Waals surface area contributed by atoms with E-state index in [9.17, 15) is 0 Å². The van der Waals surface area contributed by atoms with Crippen molar-refractivity contribution in [1.82, 2.24) is 9.78 Å². The Balaban J connectivity index is 1.95. The molecule has 0 spiro atoms. The highest BCUT2D eigenvalue weighted by molar-refractivity contribution is 6.30. The molecule has 0 amide bonds. The first-order valence-electron chi connectivity index (χ1n) is 5.19. The van der Waals surface area contributed by atoms with Gasteiger partial charge in [0.1, 0.15) is 0 Å². The van der Waals surface area contributed by atoms with E-state index in [2.05, 4.69) is 5.10 Å². The number of aromatic nitrogens is 2. The van der Waals surface area contributed by atoms with Crippen LogP contribution in [0.2, 0.25) is 5.02 Å². The summed E-state index contributed by atoms with van der Waals surface area (Å²) < 4.78 is 2.00. The fourth-order valence-electron chi connectivity index (χ4n) is 2.30. The van der Waals surface area contributed by atoms with Crippen molar-refractivity contribution in [3.05, 3.63) is 17.4 Å². The fraction of sp³-hybridized carbons (Fsp3) is 0.700. The van der Waals surface area contributed by atoms with Crippen molar-refractivity contribution in [2.45, 2.75) is 31.7 Å². The van der Waals surface area contributed by atoms with Gasteiger partial charge >= 0.3 is 0 Å². The highest BCUT2D eigenvalue weighted by Gasteiger charge is 2.25. The van der Waals surface area contributed by atoms with E-state index in [1.54, 1.807) is 6.20 Å². The molecule has 14 heavy (non-hydrogen) atoms. The monoisotopic (exact) mass is 213 g/mol. The first-order valence-corrected chi connectivity index (χ1v) is 5.57. The Kier molecular flexibility index (Phi) is 3.08. The quantitative estimate of drug-likeness (QED) is 0.837. The first kappa shape index (κ1) is 9.99. The van der Waals surface area contributed by atoms with Gasteiger partial charge in [0, 0.05) is 6.20 Å². The van der Waals surface area contributed by atoms with Crippen LogP contribution in [0.5, 0.6) is 0 Å². The molecule has 1 aromatic rings. The maximum atomic E-state index is 5.83. The molecule has 0 aromatic carbocycles. The van der Waals surface area contributed by atoms with Gasteiger partial charge in [-0.3, -0.25) is 4.68 Å². The Hall–Kier alpha value is -0.540. The van der Waals surface area contributed by atoms with E-state index in [1.165, 1.54) is 19.3 Å². The van der Waals surface area contributed by atoms with Crippen LogP contribution in [0.4, 0.5) is 0 Å². The molecule has 0 bridgehead atoms. The van der Waals surface area contributed by atoms with Gasteiger partial charge in [-0.2, -0.15) is 5.10 Å². The third-order valence-electron chi connectivity index (χ3n) is 3.03. The predicted molar refractivity (Wildman–Crippen MR) is 57.3 cm³/mol. The van der Waals surface area contributed by atoms with Crippen LogP contribution in [0.3, 0.4) is 0 Å². The average molecular weight is 214 g/mol. The fourth-order valence-corrected chi connectivity index (χ4v) is 2.44. The summed E-state index contributed by atoms with van der Waals surface area (Å²) in [4.78, 5) is 0. The van der Waals surface area contributed by atoms with Crippen molar-refractivity contribution in [3.63, 3.8) is 0 Å². The second kappa shape index (κ2) is 4.32. The number of halogens is 1. The maximum absolute atomic E-state index is 5.83. The Morgan fingerprint density at radius 2 is 2.43 bits per heavy atom. The molecular weight excluding hydrogens is 198 g/mol. The lowest BCUT2D eigenvalue weighted by Gasteiger charge is -2.10. The van der Waals surface area contributed by atoms with Crippen LogP contribution < -0.4 is 5.73 Å². The average Bonchev–Trinajstić information content (AvgIpc) is 2.74. The van der Waals surface area contributed by atoms with Gasteiger partial charge in [-0.05, 0) is 38.1 Å². The lowest BCUT2D eigenvalue weighted by atomic mass is 10.0. The van der Waals surface area contributed by atoms with Gasteiger partial charge in [0.25, 0.3) is 0 Å². The summed E-state index contributed by atoms with van der Waals surface area (Å²) in [6.45, 7) is 0.803. The summed E-state index contributed by atoms with van der Waals surface area (Å²) in [5, 5.41) is 4.97. The van der Waals surface area contributed by atoms with E-state index in [0.29, 0.717) is 6.04 Å². The van der Waals surface area contributed by atoms with Crippen LogP contribution in [0.15, 0.2) is 12.4 Å². The van der Waals surface area contributed by atoms with Gasteiger partial charge in [-0.1, -0.05) is 11.6 Å². The summed E-state index contributed by atoms with van der Waals surface area (Å²) in [6.07, 6.45) is 8.46. The molecule has 4 heteroatoms. The van der Waals surface area contributed by atoms with Crippen LogP contribution in [0.1, 0.15) is 31.7 Å². The number of hydrogen-bond acceptors (Lipinski definition) is 2. The Morgan fingerprint density at radius 3 is 3.07 bits per heavy atom. The topological polar surface area (TPSA) is 43.8 Å². The molecule has 1 heterocycles. The molecule has 1 aliphatic carbocycles. The molecule has 78 valence electrons. The van der Waals surface area contributed by atoms with Crippen LogP contribution >= 0.6 is 11.6 Å². The minimum atomic E-state index is 0.541. The van der Waals surface area contributed by atoms with Crippen molar-refractivity contribution in [2.24, 2.45) is 11.7 Å². The van der Waals surface area contributed by atoms with Gasteiger partial charge < -0.3 is 5.73 Å². The summed E-state index contributed by atoms with van der Waals surface area (Å²) in [5.74, 6) is 0.785. The molecule has 1 fully saturated rings. The highest BCUT2D eigenvalue weighted by atomic mass is 35.5. The lowest BCUT2D eigenvalue weighted by Crippen LogP contribution is -2.08. The summed E-state index contributed by atoms with van der Waals surface area (Å²) in [7, 11) is 0. The van der Waals surface area contributed by atoms with E-state index in [0.717, 1.165) is 23.9 Å². The number of nitrogens with zero attached hydrogens (tertiary/aromatic N) is 2. The molecule has 2 unspecified atom stereocenters. The number of nitrogens with two attached hydrogens (primary N) is 1. The number of hydrogen-bond donors (Lipinski definition) is 1. The first-order chi connectivity index (χ1) is 6.79. The predicted octanol–water partition coefficient (Wildman–Crippen LogP) is 2.23. The minimum absolute atomic E-state index is 0.541. The van der Waals surface area contributed by atoms with Crippen molar-refractivity contribution in [1.29, 1.82) is 0 Å². The summed E-state index contributed by atoms with van der Waals surface area (Å²) in [6, 6.07) is 0.541. The number of rotatable bonds is 3. The van der Waals surface area contributed by atoms with Gasteiger partial charge in [0.2, 0.25) is 0 Å². The lowest BCUT2D eigenvalue weighted by molar-refractivity contribution is 0.431. The SMILES string of the molecule is NCCC1CCC(n2cc(Cl)cn2)C1. The second-order valence-corrected chi connectivity index (χ2v) is 4.49. The molecule has 0 saturated heterocycles.